The van der Waals surface area contributed by atoms with Crippen LogP contribution >= 0.6 is 31.9 Å². The minimum absolute atomic E-state index is 0.118. The quantitative estimate of drug-likeness (QED) is 0.227. The van der Waals surface area contributed by atoms with Crippen molar-refractivity contribution in [1.82, 2.24) is 0 Å². The molecule has 0 radical (unpaired) electrons. The molecule has 0 aromatic rings. The minimum Gasteiger partial charge on any atom is -0.395 e. The lowest BCUT2D eigenvalue weighted by atomic mass is 10.0. The highest BCUT2D eigenvalue weighted by molar-refractivity contribution is 9.12. The second-order valence-corrected chi connectivity index (χ2v) is 8.86. The van der Waals surface area contributed by atoms with Crippen LogP contribution in [-0.2, 0) is 0 Å². The van der Waals surface area contributed by atoms with Crippen molar-refractivity contribution >= 4 is 31.9 Å². The predicted molar refractivity (Wildman–Crippen MR) is 108 cm³/mol. The summed E-state index contributed by atoms with van der Waals surface area (Å²) in [7, 11) is 0. The zero-order chi connectivity index (χ0) is 17.5. The van der Waals surface area contributed by atoms with Crippen LogP contribution in [-0.4, -0.2) is 38.6 Å². The summed E-state index contributed by atoms with van der Waals surface area (Å²) in [5.74, 6) is 0. The topological polar surface area (TPSA) is 66.5 Å². The molecule has 0 saturated heterocycles. The van der Waals surface area contributed by atoms with Gasteiger partial charge in [-0.2, -0.15) is 0 Å². The first-order valence-electron chi connectivity index (χ1n) is 9.37. The van der Waals surface area contributed by atoms with Crippen molar-refractivity contribution in [3.05, 3.63) is 0 Å². The van der Waals surface area contributed by atoms with E-state index in [2.05, 4.69) is 38.8 Å². The largest absolute Gasteiger partial charge is 0.395 e. The number of rotatable bonds is 16. The van der Waals surface area contributed by atoms with E-state index in [-0.39, 0.29) is 16.3 Å². The highest BCUT2D eigenvalue weighted by atomic mass is 79.9. The first-order valence-corrected chi connectivity index (χ1v) is 11.2. The van der Waals surface area contributed by atoms with Gasteiger partial charge in [-0.3, -0.25) is 0 Å². The van der Waals surface area contributed by atoms with Gasteiger partial charge < -0.3 is 15.9 Å². The first-order chi connectivity index (χ1) is 11.0. The van der Waals surface area contributed by atoms with Gasteiger partial charge in [-0.1, -0.05) is 109 Å². The van der Waals surface area contributed by atoms with Gasteiger partial charge in [0.25, 0.3) is 0 Å². The van der Waals surface area contributed by atoms with E-state index >= 15 is 0 Å². The Bertz CT molecular complexity index is 257. The molecule has 5 heteroatoms. The number of unbranched alkanes of at least 4 members (excludes halogenated alkanes) is 10. The fraction of sp³-hybridized carbons (Fsp3) is 1.00. The number of hydrogen-bond acceptors (Lipinski definition) is 3. The lowest BCUT2D eigenvalue weighted by molar-refractivity contribution is 0.107. The van der Waals surface area contributed by atoms with Gasteiger partial charge in [0.15, 0.2) is 0 Å². The Morgan fingerprint density at radius 3 is 1.70 bits per heavy atom. The van der Waals surface area contributed by atoms with Gasteiger partial charge >= 0.3 is 0 Å². The molecule has 4 N–H and O–H groups in total. The van der Waals surface area contributed by atoms with Crippen molar-refractivity contribution in [2.75, 3.05) is 6.61 Å². The van der Waals surface area contributed by atoms with Crippen molar-refractivity contribution in [1.29, 1.82) is 0 Å². The third-order valence-electron chi connectivity index (χ3n) is 4.40. The summed E-state index contributed by atoms with van der Waals surface area (Å²) in [4.78, 5) is 0.0708. The lowest BCUT2D eigenvalue weighted by Crippen LogP contribution is -2.45. The van der Waals surface area contributed by atoms with Crippen LogP contribution in [0.15, 0.2) is 0 Å². The summed E-state index contributed by atoms with van der Waals surface area (Å²) in [5, 5.41) is 19.0. The van der Waals surface area contributed by atoms with Crippen LogP contribution in [0.1, 0.15) is 84.0 Å². The predicted octanol–water partition coefficient (Wildman–Crippen LogP) is 4.90. The third-order valence-corrected chi connectivity index (χ3v) is 7.32. The van der Waals surface area contributed by atoms with Crippen LogP contribution in [0.3, 0.4) is 0 Å². The smallest absolute Gasteiger partial charge is 0.0849 e. The van der Waals surface area contributed by atoms with Gasteiger partial charge in [0.2, 0.25) is 0 Å². The minimum atomic E-state index is -0.725. The standard InChI is InChI=1S/C18H37Br2NO2/c1-2-3-4-5-6-7-8-9-10-11-12-13-15(19)17(20)18(23)16(21)14-22/h15-18,22-23H,2-14,21H2,1H3. The van der Waals surface area contributed by atoms with Crippen molar-refractivity contribution in [3.63, 3.8) is 0 Å². The molecule has 0 aliphatic carbocycles. The Labute approximate surface area is 160 Å². The van der Waals surface area contributed by atoms with Crippen LogP contribution in [0.4, 0.5) is 0 Å². The normalized spacial score (nSPS) is 17.0. The van der Waals surface area contributed by atoms with Crippen LogP contribution in [0.2, 0.25) is 0 Å². The second-order valence-electron chi connectivity index (χ2n) is 6.62. The molecule has 23 heavy (non-hydrogen) atoms. The monoisotopic (exact) mass is 457 g/mol. The number of aliphatic hydroxyl groups excluding tert-OH is 2. The fourth-order valence-electron chi connectivity index (χ4n) is 2.72. The number of hydrogen-bond donors (Lipinski definition) is 3. The molecule has 4 atom stereocenters. The number of nitrogens with two attached hydrogens (primary N) is 1. The van der Waals surface area contributed by atoms with Crippen LogP contribution in [0.5, 0.6) is 0 Å². The Morgan fingerprint density at radius 1 is 0.826 bits per heavy atom. The molecule has 0 spiro atoms. The van der Waals surface area contributed by atoms with Gasteiger partial charge in [0, 0.05) is 4.83 Å². The molecule has 0 aromatic heterocycles. The maximum absolute atomic E-state index is 9.97. The first kappa shape index (κ1) is 23.8. The number of alkyl halides is 2. The maximum atomic E-state index is 9.97. The molecule has 0 bridgehead atoms. The molecular formula is C18H37Br2NO2. The van der Waals surface area contributed by atoms with E-state index in [0.717, 1.165) is 12.8 Å². The molecule has 0 aromatic carbocycles. The molecule has 0 rings (SSSR count). The number of halogens is 2. The maximum Gasteiger partial charge on any atom is 0.0849 e. The Balaban J connectivity index is 3.46. The molecule has 140 valence electrons. The summed E-state index contributed by atoms with van der Waals surface area (Å²) in [6, 6.07) is -0.586. The van der Waals surface area contributed by atoms with Gasteiger partial charge in [-0.25, -0.2) is 0 Å². The van der Waals surface area contributed by atoms with E-state index in [0.29, 0.717) is 0 Å². The average Bonchev–Trinajstić information content (AvgIpc) is 2.57. The Hall–Kier alpha value is 0.840. The Morgan fingerprint density at radius 2 is 1.26 bits per heavy atom. The summed E-state index contributed by atoms with van der Waals surface area (Å²) in [6.07, 6.45) is 15.0. The molecule has 4 unspecified atom stereocenters. The highest BCUT2D eigenvalue weighted by Gasteiger charge is 2.27. The van der Waals surface area contributed by atoms with Crippen molar-refractivity contribution in [3.8, 4) is 0 Å². The van der Waals surface area contributed by atoms with E-state index in [4.69, 9.17) is 10.8 Å². The average molecular weight is 459 g/mol. The van der Waals surface area contributed by atoms with Gasteiger partial charge in [-0.15, -0.1) is 0 Å². The van der Waals surface area contributed by atoms with E-state index in [1.807, 2.05) is 0 Å². The molecule has 0 aliphatic heterocycles. The lowest BCUT2D eigenvalue weighted by Gasteiger charge is -2.25. The van der Waals surface area contributed by atoms with Gasteiger partial charge in [-0.05, 0) is 6.42 Å². The fourth-order valence-corrected chi connectivity index (χ4v) is 4.01. The van der Waals surface area contributed by atoms with Crippen LogP contribution in [0.25, 0.3) is 0 Å². The van der Waals surface area contributed by atoms with E-state index in [1.165, 1.54) is 64.2 Å². The summed E-state index contributed by atoms with van der Waals surface area (Å²) < 4.78 is 0. The van der Waals surface area contributed by atoms with Gasteiger partial charge in [0.05, 0.1) is 23.6 Å². The van der Waals surface area contributed by atoms with E-state index < -0.39 is 12.1 Å². The van der Waals surface area contributed by atoms with E-state index in [1.54, 1.807) is 0 Å². The van der Waals surface area contributed by atoms with Crippen LogP contribution in [0, 0.1) is 0 Å². The molecule has 3 nitrogen and oxygen atoms in total. The molecule has 0 amide bonds. The van der Waals surface area contributed by atoms with Crippen LogP contribution < -0.4 is 5.73 Å². The second kappa shape index (κ2) is 16.3. The highest BCUT2D eigenvalue weighted by Crippen LogP contribution is 2.24. The SMILES string of the molecule is CCCCCCCCCCCCCC(Br)C(Br)C(O)C(N)CO. The Kier molecular flexibility index (Phi) is 16.9. The van der Waals surface area contributed by atoms with Crippen molar-refractivity contribution in [2.45, 2.75) is 106 Å². The molecule has 0 saturated carbocycles. The van der Waals surface area contributed by atoms with Crippen molar-refractivity contribution < 1.29 is 10.2 Å². The molecular weight excluding hydrogens is 422 g/mol. The van der Waals surface area contributed by atoms with Crippen molar-refractivity contribution in [2.24, 2.45) is 5.73 Å². The summed E-state index contributed by atoms with van der Waals surface area (Å²) in [6.45, 7) is 2.07. The summed E-state index contributed by atoms with van der Waals surface area (Å²) in [5.41, 5.74) is 5.67. The molecule has 0 heterocycles. The number of aliphatic hydroxyl groups is 2. The third kappa shape index (κ3) is 12.8. The zero-order valence-electron chi connectivity index (χ0n) is 14.7. The zero-order valence-corrected chi connectivity index (χ0v) is 17.9. The molecule has 0 aliphatic rings. The summed E-state index contributed by atoms with van der Waals surface area (Å²) >= 11 is 7.11. The van der Waals surface area contributed by atoms with E-state index in [9.17, 15) is 5.11 Å². The molecule has 0 fully saturated rings. The van der Waals surface area contributed by atoms with Gasteiger partial charge in [0.1, 0.15) is 0 Å².